The van der Waals surface area contributed by atoms with E-state index in [1.54, 1.807) is 4.57 Å². The summed E-state index contributed by atoms with van der Waals surface area (Å²) in [5.74, 6) is -1.61. The fraction of sp³-hybridized carbons (Fsp3) is 0.545. The molecule has 0 radical (unpaired) electrons. The number of rotatable bonds is 4. The van der Waals surface area contributed by atoms with E-state index in [9.17, 15) is 14.7 Å². The Morgan fingerprint density at radius 3 is 2.89 bits per heavy atom. The van der Waals surface area contributed by atoms with Crippen LogP contribution in [0.4, 0.5) is 0 Å². The highest BCUT2D eigenvalue weighted by atomic mass is 16.4. The third kappa shape index (κ3) is 2.74. The van der Waals surface area contributed by atoms with Crippen molar-refractivity contribution in [2.75, 3.05) is 13.1 Å². The Balaban J connectivity index is 2.15. The highest BCUT2D eigenvalue weighted by Crippen LogP contribution is 2.20. The molecule has 1 fully saturated rings. The standard InChI is InChI=1S/C11H16N4O4/c12-1-2-14-5-8(13-6-14)10(17)15-4-7(16)3-9(15)11(18)19/h5-7,9,16H,1-4,12H2,(H,18,19)/t7?,9-/m0/s1. The highest BCUT2D eigenvalue weighted by Gasteiger charge is 2.39. The van der Waals surface area contributed by atoms with Crippen molar-refractivity contribution in [3.8, 4) is 0 Å². The number of carboxylic acids is 1. The first kappa shape index (κ1) is 13.5. The first-order chi connectivity index (χ1) is 9.02. The molecule has 1 saturated heterocycles. The minimum absolute atomic E-state index is 0.0134. The second-order valence-electron chi connectivity index (χ2n) is 4.49. The minimum Gasteiger partial charge on any atom is -0.480 e. The van der Waals surface area contributed by atoms with E-state index >= 15 is 0 Å². The average molecular weight is 268 g/mol. The van der Waals surface area contributed by atoms with Crippen molar-refractivity contribution in [2.24, 2.45) is 5.73 Å². The second kappa shape index (κ2) is 5.37. The van der Waals surface area contributed by atoms with Crippen molar-refractivity contribution in [1.82, 2.24) is 14.5 Å². The second-order valence-corrected chi connectivity index (χ2v) is 4.49. The number of carbonyl (C=O) groups excluding carboxylic acids is 1. The third-order valence-corrected chi connectivity index (χ3v) is 3.06. The Labute approximate surface area is 109 Å². The molecule has 1 aliphatic rings. The quantitative estimate of drug-likeness (QED) is 0.611. The van der Waals surface area contributed by atoms with Crippen LogP contribution in [-0.2, 0) is 11.3 Å². The van der Waals surface area contributed by atoms with Gasteiger partial charge >= 0.3 is 5.97 Å². The van der Waals surface area contributed by atoms with E-state index in [4.69, 9.17) is 10.8 Å². The Morgan fingerprint density at radius 1 is 1.53 bits per heavy atom. The predicted octanol–water partition coefficient (Wildman–Crippen LogP) is -1.50. The van der Waals surface area contributed by atoms with Crippen LogP contribution in [0.1, 0.15) is 16.9 Å². The normalized spacial score (nSPS) is 22.7. The zero-order valence-electron chi connectivity index (χ0n) is 10.3. The van der Waals surface area contributed by atoms with Crippen molar-refractivity contribution in [3.63, 3.8) is 0 Å². The number of hydrogen-bond acceptors (Lipinski definition) is 5. The van der Waals surface area contributed by atoms with Crippen LogP contribution in [0.3, 0.4) is 0 Å². The van der Waals surface area contributed by atoms with Crippen LogP contribution in [0, 0.1) is 0 Å². The van der Waals surface area contributed by atoms with Gasteiger partial charge in [-0.05, 0) is 0 Å². The largest absolute Gasteiger partial charge is 0.480 e. The Hall–Kier alpha value is -1.93. The van der Waals surface area contributed by atoms with Gasteiger partial charge in [0.25, 0.3) is 5.91 Å². The van der Waals surface area contributed by atoms with E-state index in [1.807, 2.05) is 0 Å². The number of aliphatic hydroxyl groups is 1. The first-order valence-corrected chi connectivity index (χ1v) is 5.96. The van der Waals surface area contributed by atoms with Gasteiger partial charge in [-0.1, -0.05) is 0 Å². The van der Waals surface area contributed by atoms with E-state index in [-0.39, 0.29) is 18.7 Å². The molecule has 0 aliphatic carbocycles. The van der Waals surface area contributed by atoms with Crippen LogP contribution in [0.15, 0.2) is 12.5 Å². The van der Waals surface area contributed by atoms with Gasteiger partial charge in [0.2, 0.25) is 0 Å². The summed E-state index contributed by atoms with van der Waals surface area (Å²) in [6.07, 6.45) is 2.24. The smallest absolute Gasteiger partial charge is 0.326 e. The lowest BCUT2D eigenvalue weighted by molar-refractivity contribution is -0.141. The van der Waals surface area contributed by atoms with Gasteiger partial charge in [-0.15, -0.1) is 0 Å². The molecule has 2 atom stereocenters. The fourth-order valence-corrected chi connectivity index (χ4v) is 2.16. The van der Waals surface area contributed by atoms with Crippen LogP contribution in [0.5, 0.6) is 0 Å². The number of amides is 1. The first-order valence-electron chi connectivity index (χ1n) is 5.96. The number of β-amino-alcohol motifs (C(OH)–C–C–N with tert-alkyl or cyclic N) is 1. The number of likely N-dealkylation sites (tertiary alicyclic amines) is 1. The maximum Gasteiger partial charge on any atom is 0.326 e. The number of imidazole rings is 1. The molecule has 1 aromatic rings. The van der Waals surface area contributed by atoms with Crippen molar-refractivity contribution in [1.29, 1.82) is 0 Å². The summed E-state index contributed by atoms with van der Waals surface area (Å²) in [6.45, 7) is 0.967. The number of nitrogens with two attached hydrogens (primary N) is 1. The van der Waals surface area contributed by atoms with Crippen LogP contribution in [0.2, 0.25) is 0 Å². The van der Waals surface area contributed by atoms with Gasteiger partial charge in [-0.3, -0.25) is 4.79 Å². The number of aromatic nitrogens is 2. The Kier molecular flexibility index (Phi) is 3.82. The lowest BCUT2D eigenvalue weighted by atomic mass is 10.2. The molecule has 104 valence electrons. The number of aliphatic hydroxyl groups excluding tert-OH is 1. The molecule has 1 unspecified atom stereocenters. The summed E-state index contributed by atoms with van der Waals surface area (Å²) < 4.78 is 1.66. The van der Waals surface area contributed by atoms with Gasteiger partial charge < -0.3 is 25.4 Å². The third-order valence-electron chi connectivity index (χ3n) is 3.06. The molecule has 0 aromatic carbocycles. The lowest BCUT2D eigenvalue weighted by Crippen LogP contribution is -2.40. The summed E-state index contributed by atoms with van der Waals surface area (Å²) in [4.78, 5) is 28.3. The summed E-state index contributed by atoms with van der Waals surface area (Å²) in [5, 5.41) is 18.5. The van der Waals surface area contributed by atoms with Gasteiger partial charge in [0, 0.05) is 32.3 Å². The molecule has 2 heterocycles. The Morgan fingerprint density at radius 2 is 2.26 bits per heavy atom. The molecule has 1 amide bonds. The van der Waals surface area contributed by atoms with Crippen molar-refractivity contribution >= 4 is 11.9 Å². The monoisotopic (exact) mass is 268 g/mol. The van der Waals surface area contributed by atoms with Crippen LogP contribution >= 0.6 is 0 Å². The van der Waals surface area contributed by atoms with Gasteiger partial charge in [-0.25, -0.2) is 9.78 Å². The molecule has 0 bridgehead atoms. The molecule has 8 nitrogen and oxygen atoms in total. The summed E-state index contributed by atoms with van der Waals surface area (Å²) in [7, 11) is 0. The van der Waals surface area contributed by atoms with E-state index in [0.29, 0.717) is 13.1 Å². The number of aliphatic carboxylic acids is 1. The molecule has 0 spiro atoms. The van der Waals surface area contributed by atoms with Crippen LogP contribution in [0.25, 0.3) is 0 Å². The molecule has 1 aromatic heterocycles. The van der Waals surface area contributed by atoms with Crippen molar-refractivity contribution < 1.29 is 19.8 Å². The number of hydrogen-bond donors (Lipinski definition) is 3. The van der Waals surface area contributed by atoms with Gasteiger partial charge in [0.05, 0.1) is 12.4 Å². The lowest BCUT2D eigenvalue weighted by Gasteiger charge is -2.19. The topological polar surface area (TPSA) is 122 Å². The molecular weight excluding hydrogens is 252 g/mol. The fourth-order valence-electron chi connectivity index (χ4n) is 2.16. The maximum absolute atomic E-state index is 12.2. The minimum atomic E-state index is -1.12. The summed E-state index contributed by atoms with van der Waals surface area (Å²) in [5.41, 5.74) is 5.55. The summed E-state index contributed by atoms with van der Waals surface area (Å²) >= 11 is 0. The average Bonchev–Trinajstić information content (AvgIpc) is 2.95. The van der Waals surface area contributed by atoms with Crippen LogP contribution < -0.4 is 5.73 Å². The molecular formula is C11H16N4O4. The molecule has 8 heteroatoms. The number of carbonyl (C=O) groups is 2. The molecule has 0 saturated carbocycles. The molecule has 19 heavy (non-hydrogen) atoms. The van der Waals surface area contributed by atoms with Gasteiger partial charge in [-0.2, -0.15) is 0 Å². The number of carboxylic acid groups (broad SMARTS) is 1. The highest BCUT2D eigenvalue weighted by molar-refractivity contribution is 5.95. The van der Waals surface area contributed by atoms with E-state index in [2.05, 4.69) is 4.98 Å². The van der Waals surface area contributed by atoms with Gasteiger partial charge in [0.1, 0.15) is 11.7 Å². The van der Waals surface area contributed by atoms with E-state index in [1.165, 1.54) is 12.5 Å². The molecule has 1 aliphatic heterocycles. The predicted molar refractivity (Wildman–Crippen MR) is 64.4 cm³/mol. The molecule has 4 N–H and O–H groups in total. The zero-order chi connectivity index (χ0) is 14.0. The van der Waals surface area contributed by atoms with Gasteiger partial charge in [0.15, 0.2) is 0 Å². The van der Waals surface area contributed by atoms with Crippen LogP contribution in [-0.4, -0.2) is 61.8 Å². The molecule has 2 rings (SSSR count). The summed E-state index contributed by atoms with van der Waals surface area (Å²) in [6, 6.07) is -0.998. The SMILES string of the molecule is NCCn1cnc(C(=O)N2CC(O)C[C@H]2C(=O)O)c1. The van der Waals surface area contributed by atoms with Crippen molar-refractivity contribution in [2.45, 2.75) is 25.1 Å². The number of nitrogens with zero attached hydrogens (tertiary/aromatic N) is 3. The maximum atomic E-state index is 12.2. The Bertz CT molecular complexity index is 487. The van der Waals surface area contributed by atoms with Crippen molar-refractivity contribution in [3.05, 3.63) is 18.2 Å². The van der Waals surface area contributed by atoms with E-state index in [0.717, 1.165) is 4.90 Å². The zero-order valence-corrected chi connectivity index (χ0v) is 10.3. The van der Waals surface area contributed by atoms with E-state index < -0.39 is 24.0 Å².